The van der Waals surface area contributed by atoms with Gasteiger partial charge in [0, 0.05) is 44.3 Å². The van der Waals surface area contributed by atoms with Crippen LogP contribution in [0.2, 0.25) is 0 Å². The van der Waals surface area contributed by atoms with E-state index >= 15 is 0 Å². The number of pyridine rings is 1. The molecule has 1 aromatic carbocycles. The number of carbonyl (C=O) groups is 1. The molecule has 0 unspecified atom stereocenters. The van der Waals surface area contributed by atoms with E-state index in [-0.39, 0.29) is 42.1 Å². The first-order chi connectivity index (χ1) is 13.1. The second-order valence-electron chi connectivity index (χ2n) is 6.60. The Morgan fingerprint density at radius 3 is 2.38 bits per heavy atom. The van der Waals surface area contributed by atoms with Crippen LogP contribution in [-0.2, 0) is 16.7 Å². The quantitative estimate of drug-likeness (QED) is 0.405. The average molecular weight is 437 g/mol. The zero-order chi connectivity index (χ0) is 20.6. The molecular formula is C17H21FN3NaO6S. The molecule has 0 spiro atoms. The summed E-state index contributed by atoms with van der Waals surface area (Å²) in [6, 6.07) is 2.57. The average Bonchev–Trinajstić information content (AvgIpc) is 2.61. The number of hydrogen-bond acceptors (Lipinski definition) is 6. The fourth-order valence-electron chi connectivity index (χ4n) is 3.40. The smallest absolute Gasteiger partial charge is 1.00 e. The summed E-state index contributed by atoms with van der Waals surface area (Å²) in [7, 11) is -4.12. The number of anilines is 1. The Kier molecular flexibility index (Phi) is 7.47. The maximum Gasteiger partial charge on any atom is 1.00 e. The van der Waals surface area contributed by atoms with Gasteiger partial charge in [0.05, 0.1) is 11.2 Å². The molecule has 1 aromatic heterocycles. The first-order valence-electron chi connectivity index (χ1n) is 8.63. The van der Waals surface area contributed by atoms with Gasteiger partial charge >= 0.3 is 35.5 Å². The van der Waals surface area contributed by atoms with Crippen molar-refractivity contribution in [2.45, 2.75) is 13.5 Å². The van der Waals surface area contributed by atoms with Crippen molar-refractivity contribution in [1.29, 1.82) is 0 Å². The molecule has 2 N–H and O–H groups in total. The maximum atomic E-state index is 14.7. The minimum atomic E-state index is -4.12. The SMILES string of the molecule is CCn1cc(C(=O)O)c(=O)c2cc(F)c(N3CCN(CS(=O)(=O)O)CC3)cc21.[H-].[Na+]. The van der Waals surface area contributed by atoms with Crippen LogP contribution in [0.15, 0.2) is 23.1 Å². The number of hydrogen-bond donors (Lipinski definition) is 2. The summed E-state index contributed by atoms with van der Waals surface area (Å²) in [4.78, 5) is 26.9. The van der Waals surface area contributed by atoms with Crippen molar-refractivity contribution in [2.75, 3.05) is 37.0 Å². The summed E-state index contributed by atoms with van der Waals surface area (Å²) < 4.78 is 47.2. The van der Waals surface area contributed by atoms with E-state index in [4.69, 9.17) is 4.55 Å². The standard InChI is InChI=1S/C17H20FN3O6S.Na.H/c1-2-20-9-12(17(23)24)16(22)11-7-13(18)15(8-14(11)20)21-5-3-19(4-6-21)10-28(25,26)27;;/h7-9H,2-6,10H2,1H3,(H,23,24)(H,25,26,27);;/q;+1;-1. The van der Waals surface area contributed by atoms with E-state index in [1.165, 1.54) is 12.3 Å². The molecule has 0 aliphatic carbocycles. The Bertz CT molecular complexity index is 1100. The van der Waals surface area contributed by atoms with Gasteiger partial charge in [-0.1, -0.05) is 0 Å². The Morgan fingerprint density at radius 2 is 1.86 bits per heavy atom. The molecule has 154 valence electrons. The van der Waals surface area contributed by atoms with E-state index in [0.29, 0.717) is 38.2 Å². The van der Waals surface area contributed by atoms with Gasteiger partial charge in [0.2, 0.25) is 5.43 Å². The molecule has 2 heterocycles. The first-order valence-corrected chi connectivity index (χ1v) is 10.2. The predicted molar refractivity (Wildman–Crippen MR) is 102 cm³/mol. The minimum Gasteiger partial charge on any atom is -1.00 e. The summed E-state index contributed by atoms with van der Waals surface area (Å²) >= 11 is 0. The fraction of sp³-hybridized carbons (Fsp3) is 0.412. The van der Waals surface area contributed by atoms with E-state index < -0.39 is 38.8 Å². The molecule has 0 radical (unpaired) electrons. The van der Waals surface area contributed by atoms with E-state index in [1.807, 2.05) is 0 Å². The van der Waals surface area contributed by atoms with Crippen molar-refractivity contribution in [1.82, 2.24) is 9.47 Å². The fourth-order valence-corrected chi connectivity index (χ4v) is 4.12. The number of nitrogens with zero attached hydrogens (tertiary/aromatic N) is 3. The van der Waals surface area contributed by atoms with Crippen molar-refractivity contribution in [3.8, 4) is 0 Å². The van der Waals surface area contributed by atoms with Crippen LogP contribution in [0.25, 0.3) is 10.9 Å². The van der Waals surface area contributed by atoms with E-state index in [9.17, 15) is 27.5 Å². The van der Waals surface area contributed by atoms with Crippen molar-refractivity contribution < 1.29 is 58.2 Å². The second kappa shape index (κ2) is 9.11. The van der Waals surface area contributed by atoms with Crippen LogP contribution >= 0.6 is 0 Å². The molecule has 0 atom stereocenters. The summed E-state index contributed by atoms with van der Waals surface area (Å²) in [6.07, 6.45) is 1.25. The van der Waals surface area contributed by atoms with Crippen LogP contribution in [0, 0.1) is 5.82 Å². The zero-order valence-corrected chi connectivity index (χ0v) is 18.9. The summed E-state index contributed by atoms with van der Waals surface area (Å²) in [5.74, 6) is -2.50. The maximum absolute atomic E-state index is 14.7. The number of fused-ring (bicyclic) bond motifs is 1. The van der Waals surface area contributed by atoms with Gasteiger partial charge in [0.15, 0.2) is 0 Å². The van der Waals surface area contributed by atoms with Crippen LogP contribution in [0.1, 0.15) is 18.7 Å². The number of rotatable bonds is 5. The van der Waals surface area contributed by atoms with Crippen molar-refractivity contribution in [3.63, 3.8) is 0 Å². The van der Waals surface area contributed by atoms with Crippen LogP contribution < -0.4 is 39.9 Å². The topological polar surface area (TPSA) is 120 Å². The number of halogens is 1. The predicted octanol–water partition coefficient (Wildman–Crippen LogP) is -2.06. The van der Waals surface area contributed by atoms with E-state index in [2.05, 4.69) is 0 Å². The molecule has 12 heteroatoms. The second-order valence-corrected chi connectivity index (χ2v) is 8.02. The number of aryl methyl sites for hydroxylation is 1. The molecular weight excluding hydrogens is 416 g/mol. The normalized spacial score (nSPS) is 15.3. The number of benzene rings is 1. The molecule has 0 saturated carbocycles. The summed E-state index contributed by atoms with van der Waals surface area (Å²) in [6.45, 7) is 3.48. The van der Waals surface area contributed by atoms with Crippen molar-refractivity contribution in [2.24, 2.45) is 0 Å². The van der Waals surface area contributed by atoms with Crippen LogP contribution in [-0.4, -0.2) is 65.6 Å². The largest absolute Gasteiger partial charge is 1.00 e. The first kappa shape index (κ1) is 23.8. The number of piperazine rings is 1. The third-order valence-electron chi connectivity index (χ3n) is 4.78. The van der Waals surface area contributed by atoms with Crippen LogP contribution in [0.5, 0.6) is 0 Å². The molecule has 0 amide bonds. The Balaban J connectivity index is 0.00000225. The van der Waals surface area contributed by atoms with Crippen LogP contribution in [0.3, 0.4) is 0 Å². The third-order valence-corrected chi connectivity index (χ3v) is 5.47. The van der Waals surface area contributed by atoms with Crippen molar-refractivity contribution >= 4 is 32.7 Å². The Morgan fingerprint density at radius 1 is 1.24 bits per heavy atom. The van der Waals surface area contributed by atoms with E-state index in [0.717, 1.165) is 6.07 Å². The molecule has 1 fully saturated rings. The summed E-state index contributed by atoms with van der Waals surface area (Å²) in [5.41, 5.74) is -0.478. The Labute approximate surface area is 190 Å². The summed E-state index contributed by atoms with van der Waals surface area (Å²) in [5, 5.41) is 9.19. The number of carboxylic acid groups (broad SMARTS) is 1. The van der Waals surface area contributed by atoms with Gasteiger partial charge in [0.1, 0.15) is 17.3 Å². The van der Waals surface area contributed by atoms with E-state index in [1.54, 1.807) is 21.3 Å². The number of carboxylic acids is 1. The Hall–Kier alpha value is -1.50. The van der Waals surface area contributed by atoms with Gasteiger partial charge in [-0.05, 0) is 19.1 Å². The van der Waals surface area contributed by atoms with Gasteiger partial charge in [-0.25, -0.2) is 9.18 Å². The molecule has 29 heavy (non-hydrogen) atoms. The zero-order valence-electron chi connectivity index (χ0n) is 17.1. The van der Waals surface area contributed by atoms with Crippen LogP contribution in [0.4, 0.5) is 10.1 Å². The van der Waals surface area contributed by atoms with Gasteiger partial charge < -0.3 is 16.0 Å². The monoisotopic (exact) mass is 437 g/mol. The molecule has 3 rings (SSSR count). The molecule has 1 aliphatic heterocycles. The number of aromatic nitrogens is 1. The number of aromatic carboxylic acids is 1. The van der Waals surface area contributed by atoms with Crippen molar-refractivity contribution in [3.05, 3.63) is 39.9 Å². The molecule has 1 saturated heterocycles. The third kappa shape index (κ3) is 5.16. The molecule has 0 bridgehead atoms. The minimum absolute atomic E-state index is 0. The van der Waals surface area contributed by atoms with Gasteiger partial charge in [-0.2, -0.15) is 8.42 Å². The van der Waals surface area contributed by atoms with Gasteiger partial charge in [0.25, 0.3) is 10.1 Å². The molecule has 9 nitrogen and oxygen atoms in total. The van der Waals surface area contributed by atoms with Gasteiger partial charge in [-0.15, -0.1) is 0 Å². The molecule has 2 aromatic rings. The molecule has 1 aliphatic rings. The van der Waals surface area contributed by atoms with Gasteiger partial charge in [-0.3, -0.25) is 14.2 Å².